The molecule has 1 unspecified atom stereocenters. The van der Waals surface area contributed by atoms with Gasteiger partial charge in [0.1, 0.15) is 0 Å². The quantitative estimate of drug-likeness (QED) is 0.646. The second kappa shape index (κ2) is 5.99. The Labute approximate surface area is 110 Å². The van der Waals surface area contributed by atoms with E-state index in [1.165, 1.54) is 0 Å². The highest BCUT2D eigenvalue weighted by atomic mass is 16.3. The lowest BCUT2D eigenvalue weighted by molar-refractivity contribution is -0.134. The standard InChI is InChI=1S/C13H27N3O2/c1-5-13(4,10-17)15-11(18)12(2,3)16-8-6-14-7-9-16/h14,17H,5-10H2,1-4H3,(H,15,18). The van der Waals surface area contributed by atoms with Gasteiger partial charge in [0.15, 0.2) is 0 Å². The van der Waals surface area contributed by atoms with E-state index in [-0.39, 0.29) is 12.5 Å². The molecule has 3 N–H and O–H groups in total. The van der Waals surface area contributed by atoms with Crippen LogP contribution in [0.3, 0.4) is 0 Å². The molecule has 0 bridgehead atoms. The molecule has 1 heterocycles. The van der Waals surface area contributed by atoms with Crippen molar-refractivity contribution in [3.63, 3.8) is 0 Å². The monoisotopic (exact) mass is 257 g/mol. The summed E-state index contributed by atoms with van der Waals surface area (Å²) in [5.74, 6) is -0.0113. The summed E-state index contributed by atoms with van der Waals surface area (Å²) >= 11 is 0. The second-order valence-corrected chi connectivity index (χ2v) is 5.82. The topological polar surface area (TPSA) is 64.6 Å². The Morgan fingerprint density at radius 2 is 1.89 bits per heavy atom. The molecule has 0 aromatic carbocycles. The van der Waals surface area contributed by atoms with Crippen molar-refractivity contribution < 1.29 is 9.90 Å². The van der Waals surface area contributed by atoms with Gasteiger partial charge < -0.3 is 15.7 Å². The molecule has 18 heavy (non-hydrogen) atoms. The van der Waals surface area contributed by atoms with Crippen LogP contribution in [0, 0.1) is 0 Å². The molecule has 0 aliphatic carbocycles. The zero-order chi connectivity index (χ0) is 13.8. The van der Waals surface area contributed by atoms with Gasteiger partial charge in [0.05, 0.1) is 17.7 Å². The Morgan fingerprint density at radius 3 is 2.33 bits per heavy atom. The lowest BCUT2D eigenvalue weighted by Gasteiger charge is -2.42. The summed E-state index contributed by atoms with van der Waals surface area (Å²) in [6.07, 6.45) is 0.715. The fraction of sp³-hybridized carbons (Fsp3) is 0.923. The van der Waals surface area contributed by atoms with E-state index in [0.29, 0.717) is 6.42 Å². The maximum absolute atomic E-state index is 12.4. The van der Waals surface area contributed by atoms with Gasteiger partial charge in [0, 0.05) is 26.2 Å². The third kappa shape index (κ3) is 3.43. The molecule has 5 heteroatoms. The minimum Gasteiger partial charge on any atom is -0.394 e. The molecular weight excluding hydrogens is 230 g/mol. The van der Waals surface area contributed by atoms with E-state index in [9.17, 15) is 9.90 Å². The Balaban J connectivity index is 2.68. The van der Waals surface area contributed by atoms with Gasteiger partial charge in [0.2, 0.25) is 5.91 Å². The van der Waals surface area contributed by atoms with Gasteiger partial charge >= 0.3 is 0 Å². The number of rotatable bonds is 5. The fourth-order valence-corrected chi connectivity index (χ4v) is 2.03. The average Bonchev–Trinajstić information content (AvgIpc) is 2.39. The highest BCUT2D eigenvalue weighted by molar-refractivity contribution is 5.86. The summed E-state index contributed by atoms with van der Waals surface area (Å²) < 4.78 is 0. The third-order valence-electron chi connectivity index (χ3n) is 4.01. The third-order valence-corrected chi connectivity index (χ3v) is 4.01. The summed E-state index contributed by atoms with van der Waals surface area (Å²) in [7, 11) is 0. The highest BCUT2D eigenvalue weighted by Gasteiger charge is 2.38. The maximum atomic E-state index is 12.4. The molecule has 0 spiro atoms. The molecule has 5 nitrogen and oxygen atoms in total. The Morgan fingerprint density at radius 1 is 1.33 bits per heavy atom. The minimum absolute atomic E-state index is 0.0113. The van der Waals surface area contributed by atoms with Crippen molar-refractivity contribution >= 4 is 5.91 Å². The lowest BCUT2D eigenvalue weighted by Crippen LogP contribution is -2.63. The first kappa shape index (κ1) is 15.4. The number of aliphatic hydroxyl groups excluding tert-OH is 1. The Bertz CT molecular complexity index is 282. The summed E-state index contributed by atoms with van der Waals surface area (Å²) in [5, 5.41) is 15.6. The van der Waals surface area contributed by atoms with E-state index in [2.05, 4.69) is 15.5 Å². The molecule has 0 aromatic heterocycles. The van der Waals surface area contributed by atoms with Gasteiger partial charge in [-0.15, -0.1) is 0 Å². The van der Waals surface area contributed by atoms with Gasteiger partial charge in [0.25, 0.3) is 0 Å². The predicted octanol–water partition coefficient (Wildman–Crippen LogP) is -0.0526. The summed E-state index contributed by atoms with van der Waals surface area (Å²) in [4.78, 5) is 14.6. The van der Waals surface area contributed by atoms with Crippen molar-refractivity contribution in [2.45, 2.75) is 45.2 Å². The Kier molecular flexibility index (Phi) is 5.13. The predicted molar refractivity (Wildman–Crippen MR) is 72.4 cm³/mol. The molecule has 1 aliphatic rings. The van der Waals surface area contributed by atoms with Crippen LogP contribution in [0.25, 0.3) is 0 Å². The van der Waals surface area contributed by atoms with Gasteiger partial charge in [-0.2, -0.15) is 0 Å². The van der Waals surface area contributed by atoms with Crippen LogP contribution in [-0.4, -0.2) is 59.8 Å². The van der Waals surface area contributed by atoms with Crippen LogP contribution >= 0.6 is 0 Å². The minimum atomic E-state index is -0.534. The van der Waals surface area contributed by atoms with Crippen molar-refractivity contribution in [2.24, 2.45) is 0 Å². The van der Waals surface area contributed by atoms with Gasteiger partial charge in [-0.25, -0.2) is 0 Å². The summed E-state index contributed by atoms with van der Waals surface area (Å²) in [6.45, 7) is 11.3. The largest absolute Gasteiger partial charge is 0.394 e. The van der Waals surface area contributed by atoms with E-state index >= 15 is 0 Å². The average molecular weight is 257 g/mol. The van der Waals surface area contributed by atoms with Crippen molar-refractivity contribution in [2.75, 3.05) is 32.8 Å². The lowest BCUT2D eigenvalue weighted by atomic mass is 9.95. The molecule has 0 aromatic rings. The molecule has 0 saturated carbocycles. The molecule has 1 saturated heterocycles. The molecule has 1 atom stereocenters. The number of hydrogen-bond acceptors (Lipinski definition) is 4. The second-order valence-electron chi connectivity index (χ2n) is 5.82. The van der Waals surface area contributed by atoms with E-state index in [0.717, 1.165) is 26.2 Å². The summed E-state index contributed by atoms with van der Waals surface area (Å²) in [6, 6.07) is 0. The fourth-order valence-electron chi connectivity index (χ4n) is 2.03. The number of carbonyl (C=O) groups is 1. The molecule has 0 radical (unpaired) electrons. The van der Waals surface area contributed by atoms with Crippen LogP contribution in [0.5, 0.6) is 0 Å². The molecule has 1 fully saturated rings. The SMILES string of the molecule is CCC(C)(CO)NC(=O)C(C)(C)N1CCNCC1. The van der Waals surface area contributed by atoms with Crippen LogP contribution in [0.2, 0.25) is 0 Å². The van der Waals surface area contributed by atoms with Crippen LogP contribution in [0.1, 0.15) is 34.1 Å². The molecule has 1 aliphatic heterocycles. The maximum Gasteiger partial charge on any atom is 0.240 e. The first-order valence-corrected chi connectivity index (χ1v) is 6.75. The summed E-state index contributed by atoms with van der Waals surface area (Å²) in [5.41, 5.74) is -1.06. The van der Waals surface area contributed by atoms with Crippen molar-refractivity contribution in [3.05, 3.63) is 0 Å². The van der Waals surface area contributed by atoms with Crippen molar-refractivity contribution in [1.82, 2.24) is 15.5 Å². The number of piperazine rings is 1. The number of nitrogens with zero attached hydrogens (tertiary/aromatic N) is 1. The zero-order valence-corrected chi connectivity index (χ0v) is 12.0. The van der Waals surface area contributed by atoms with Gasteiger partial charge in [-0.1, -0.05) is 6.92 Å². The van der Waals surface area contributed by atoms with Gasteiger partial charge in [-0.3, -0.25) is 9.69 Å². The molecule has 1 amide bonds. The van der Waals surface area contributed by atoms with E-state index in [1.54, 1.807) is 0 Å². The first-order valence-electron chi connectivity index (χ1n) is 6.75. The van der Waals surface area contributed by atoms with Crippen LogP contribution in [0.15, 0.2) is 0 Å². The number of aliphatic hydroxyl groups is 1. The van der Waals surface area contributed by atoms with E-state index in [1.807, 2.05) is 27.7 Å². The number of amides is 1. The zero-order valence-electron chi connectivity index (χ0n) is 12.0. The normalized spacial score (nSPS) is 21.4. The van der Waals surface area contributed by atoms with Crippen molar-refractivity contribution in [1.29, 1.82) is 0 Å². The van der Waals surface area contributed by atoms with Crippen LogP contribution < -0.4 is 10.6 Å². The van der Waals surface area contributed by atoms with Crippen LogP contribution in [0.4, 0.5) is 0 Å². The van der Waals surface area contributed by atoms with Crippen LogP contribution in [-0.2, 0) is 4.79 Å². The number of carbonyl (C=O) groups excluding carboxylic acids is 1. The van der Waals surface area contributed by atoms with E-state index < -0.39 is 11.1 Å². The van der Waals surface area contributed by atoms with Crippen molar-refractivity contribution in [3.8, 4) is 0 Å². The Hall–Kier alpha value is -0.650. The van der Waals surface area contributed by atoms with E-state index in [4.69, 9.17) is 0 Å². The molecular formula is C13H27N3O2. The smallest absolute Gasteiger partial charge is 0.240 e. The highest BCUT2D eigenvalue weighted by Crippen LogP contribution is 2.18. The molecule has 106 valence electrons. The number of hydrogen-bond donors (Lipinski definition) is 3. The number of nitrogens with one attached hydrogen (secondary N) is 2. The molecule has 1 rings (SSSR count). The first-order chi connectivity index (χ1) is 8.35. The van der Waals surface area contributed by atoms with Gasteiger partial charge in [-0.05, 0) is 27.2 Å².